The van der Waals surface area contributed by atoms with Crippen molar-refractivity contribution in [3.05, 3.63) is 39.9 Å². The summed E-state index contributed by atoms with van der Waals surface area (Å²) in [5.41, 5.74) is 0.121. The highest BCUT2D eigenvalue weighted by Gasteiger charge is 2.43. The Bertz CT molecular complexity index is 477. The lowest BCUT2D eigenvalue weighted by molar-refractivity contribution is -0.486. The predicted molar refractivity (Wildman–Crippen MR) is 74.3 cm³/mol. The monoisotopic (exact) mass is 277 g/mol. The van der Waals surface area contributed by atoms with Crippen LogP contribution in [0.3, 0.4) is 0 Å². The first kappa shape index (κ1) is 14.5. The summed E-state index contributed by atoms with van der Waals surface area (Å²) in [6.07, 6.45) is 5.28. The molecule has 108 valence electrons. The fourth-order valence-electron chi connectivity index (χ4n) is 3.23. The summed E-state index contributed by atoms with van der Waals surface area (Å²) in [6, 6.07) is 6.40. The molecule has 0 radical (unpaired) electrons. The number of hydrogen-bond donors (Lipinski definition) is 1. The highest BCUT2D eigenvalue weighted by atomic mass is 16.6. The molecule has 0 spiro atoms. The Hall–Kier alpha value is -1.91. The molecule has 0 aliphatic heterocycles. The van der Waals surface area contributed by atoms with E-state index >= 15 is 0 Å². The molecule has 0 amide bonds. The summed E-state index contributed by atoms with van der Waals surface area (Å²) in [5, 5.41) is 20.3. The van der Waals surface area contributed by atoms with Gasteiger partial charge >= 0.3 is 0 Å². The second kappa shape index (κ2) is 6.03. The third kappa shape index (κ3) is 2.98. The molecule has 0 unspecified atom stereocenters. The minimum absolute atomic E-state index is 0.123. The molecule has 5 nitrogen and oxygen atoms in total. The third-order valence-corrected chi connectivity index (χ3v) is 4.34. The zero-order valence-electron chi connectivity index (χ0n) is 11.3. The normalized spacial score (nSPS) is 19.2. The van der Waals surface area contributed by atoms with E-state index in [4.69, 9.17) is 0 Å². The van der Waals surface area contributed by atoms with Gasteiger partial charge in [-0.2, -0.15) is 0 Å². The Morgan fingerprint density at radius 2 is 1.85 bits per heavy atom. The highest BCUT2D eigenvalue weighted by molar-refractivity contribution is 5.62. The minimum Gasteiger partial charge on any atom is -0.508 e. The van der Waals surface area contributed by atoms with Crippen LogP contribution in [0, 0.1) is 15.5 Å². The lowest BCUT2D eigenvalue weighted by atomic mass is 9.64. The van der Waals surface area contributed by atoms with Gasteiger partial charge in [-0.1, -0.05) is 31.4 Å². The van der Waals surface area contributed by atoms with Crippen LogP contribution in [0.5, 0.6) is 5.75 Å². The maximum absolute atomic E-state index is 11.7. The predicted octanol–water partition coefficient (Wildman–Crippen LogP) is 2.90. The van der Waals surface area contributed by atoms with Crippen molar-refractivity contribution >= 4 is 6.29 Å². The molecule has 2 rings (SSSR count). The topological polar surface area (TPSA) is 80.4 Å². The van der Waals surface area contributed by atoms with Gasteiger partial charge in [0.05, 0.1) is 5.92 Å². The molecule has 1 aliphatic carbocycles. The Morgan fingerprint density at radius 3 is 2.35 bits per heavy atom. The summed E-state index contributed by atoms with van der Waals surface area (Å²) in [6.45, 7) is -0.247. The van der Waals surface area contributed by atoms with Crippen molar-refractivity contribution in [2.75, 3.05) is 6.54 Å². The first-order chi connectivity index (χ1) is 9.57. The number of phenolic OH excluding ortho intramolecular Hbond substituents is 1. The van der Waals surface area contributed by atoms with Gasteiger partial charge in [0, 0.05) is 10.3 Å². The van der Waals surface area contributed by atoms with Gasteiger partial charge in [0.2, 0.25) is 6.54 Å². The van der Waals surface area contributed by atoms with E-state index in [2.05, 4.69) is 0 Å². The smallest absolute Gasteiger partial charge is 0.211 e. The van der Waals surface area contributed by atoms with Crippen LogP contribution >= 0.6 is 0 Å². The maximum atomic E-state index is 11.7. The van der Waals surface area contributed by atoms with Gasteiger partial charge in [0.1, 0.15) is 12.0 Å². The third-order valence-electron chi connectivity index (χ3n) is 4.34. The molecule has 1 saturated carbocycles. The molecule has 0 heterocycles. The van der Waals surface area contributed by atoms with Gasteiger partial charge in [-0.05, 0) is 30.5 Å². The van der Waals surface area contributed by atoms with E-state index in [1.807, 2.05) is 0 Å². The van der Waals surface area contributed by atoms with Crippen LogP contribution in [0.1, 0.15) is 43.6 Å². The van der Waals surface area contributed by atoms with E-state index in [0.29, 0.717) is 12.8 Å². The first-order valence-electron chi connectivity index (χ1n) is 6.94. The van der Waals surface area contributed by atoms with E-state index < -0.39 is 11.3 Å². The standard InChI is InChI=1S/C15H19NO4/c17-11-15(8-2-1-3-9-15)14(10-16(19)20)12-4-6-13(18)7-5-12/h4-7,11,14,18H,1-3,8-10H2/t14-/m0/s1. The van der Waals surface area contributed by atoms with Crippen molar-refractivity contribution < 1.29 is 14.8 Å². The Labute approximate surface area is 117 Å². The fourth-order valence-corrected chi connectivity index (χ4v) is 3.23. The molecule has 0 saturated heterocycles. The van der Waals surface area contributed by atoms with Crippen molar-refractivity contribution in [1.29, 1.82) is 0 Å². The molecule has 0 bridgehead atoms. The van der Waals surface area contributed by atoms with Crippen LogP contribution in [-0.4, -0.2) is 22.9 Å². The van der Waals surface area contributed by atoms with Crippen molar-refractivity contribution in [3.8, 4) is 5.75 Å². The van der Waals surface area contributed by atoms with Crippen molar-refractivity contribution in [2.45, 2.75) is 38.0 Å². The van der Waals surface area contributed by atoms with Crippen LogP contribution < -0.4 is 0 Å². The number of carbonyl (C=O) groups excluding carboxylic acids is 1. The number of rotatable bonds is 5. The van der Waals surface area contributed by atoms with Gasteiger partial charge in [0.25, 0.3) is 0 Å². The molecule has 1 aliphatic rings. The van der Waals surface area contributed by atoms with Gasteiger partial charge in [-0.15, -0.1) is 0 Å². The average molecular weight is 277 g/mol. The first-order valence-corrected chi connectivity index (χ1v) is 6.94. The quantitative estimate of drug-likeness (QED) is 0.510. The number of aromatic hydroxyl groups is 1. The van der Waals surface area contributed by atoms with Gasteiger partial charge in [-0.25, -0.2) is 0 Å². The second-order valence-corrected chi connectivity index (χ2v) is 5.57. The zero-order chi connectivity index (χ0) is 14.6. The largest absolute Gasteiger partial charge is 0.508 e. The Morgan fingerprint density at radius 1 is 1.25 bits per heavy atom. The minimum atomic E-state index is -0.637. The molecule has 20 heavy (non-hydrogen) atoms. The summed E-state index contributed by atoms with van der Waals surface area (Å²) >= 11 is 0. The van der Waals surface area contributed by atoms with Crippen molar-refractivity contribution in [1.82, 2.24) is 0 Å². The molecule has 1 aromatic rings. The number of carbonyl (C=O) groups is 1. The molecule has 1 fully saturated rings. The van der Waals surface area contributed by atoms with E-state index in [9.17, 15) is 20.0 Å². The van der Waals surface area contributed by atoms with Crippen LogP contribution in [0.15, 0.2) is 24.3 Å². The lowest BCUT2D eigenvalue weighted by Crippen LogP contribution is -2.36. The summed E-state index contributed by atoms with van der Waals surface area (Å²) in [5.74, 6) is -0.298. The van der Waals surface area contributed by atoms with E-state index in [1.54, 1.807) is 12.1 Å². The second-order valence-electron chi connectivity index (χ2n) is 5.57. The molecule has 1 aromatic carbocycles. The van der Waals surface area contributed by atoms with Gasteiger partial charge < -0.3 is 9.90 Å². The fraction of sp³-hybridized carbons (Fsp3) is 0.533. The Kier molecular flexibility index (Phi) is 4.37. The Balaban J connectivity index is 2.37. The van der Waals surface area contributed by atoms with Crippen LogP contribution in [-0.2, 0) is 4.79 Å². The summed E-state index contributed by atoms with van der Waals surface area (Å²) in [7, 11) is 0. The van der Waals surface area contributed by atoms with Gasteiger partial charge in [0.15, 0.2) is 0 Å². The zero-order valence-corrected chi connectivity index (χ0v) is 11.3. The summed E-state index contributed by atoms with van der Waals surface area (Å²) in [4.78, 5) is 22.3. The number of nitro groups is 1. The van der Waals surface area contributed by atoms with Crippen LogP contribution in [0.2, 0.25) is 0 Å². The highest BCUT2D eigenvalue weighted by Crippen LogP contribution is 2.46. The molecule has 5 heteroatoms. The van der Waals surface area contributed by atoms with Crippen molar-refractivity contribution in [2.24, 2.45) is 5.41 Å². The molecule has 1 N–H and O–H groups in total. The van der Waals surface area contributed by atoms with Gasteiger partial charge in [-0.3, -0.25) is 10.1 Å². The molecule has 0 aromatic heterocycles. The van der Waals surface area contributed by atoms with Crippen molar-refractivity contribution in [3.63, 3.8) is 0 Å². The van der Waals surface area contributed by atoms with Crippen LogP contribution in [0.25, 0.3) is 0 Å². The summed E-state index contributed by atoms with van der Waals surface area (Å²) < 4.78 is 0. The van der Waals surface area contributed by atoms with E-state index in [-0.39, 0.29) is 17.2 Å². The van der Waals surface area contributed by atoms with E-state index in [1.165, 1.54) is 12.1 Å². The molecular formula is C15H19NO4. The SMILES string of the molecule is O=CC1([C@@H](C[N+](=O)[O-])c2ccc(O)cc2)CCCCC1. The lowest BCUT2D eigenvalue weighted by Gasteiger charge is -2.37. The maximum Gasteiger partial charge on any atom is 0.211 e. The van der Waals surface area contributed by atoms with E-state index in [0.717, 1.165) is 31.1 Å². The molecule has 1 atom stereocenters. The number of hydrogen-bond acceptors (Lipinski definition) is 4. The molecular weight excluding hydrogens is 258 g/mol. The number of benzene rings is 1. The number of phenols is 1. The van der Waals surface area contributed by atoms with Crippen LogP contribution in [0.4, 0.5) is 0 Å². The number of nitrogens with zero attached hydrogens (tertiary/aromatic N) is 1. The average Bonchev–Trinajstić information content (AvgIpc) is 2.46. The number of aldehydes is 1.